The van der Waals surface area contributed by atoms with Crippen molar-refractivity contribution in [2.75, 3.05) is 31.1 Å². The van der Waals surface area contributed by atoms with Crippen molar-refractivity contribution in [1.29, 1.82) is 0 Å². The molecule has 4 heteroatoms. The first kappa shape index (κ1) is 13.8. The highest BCUT2D eigenvalue weighted by molar-refractivity contribution is 7.80. The summed E-state index contributed by atoms with van der Waals surface area (Å²) in [6.45, 7) is 6.75. The van der Waals surface area contributed by atoms with E-state index in [2.05, 4.69) is 34.9 Å². The molecule has 1 atom stereocenters. The van der Waals surface area contributed by atoms with Gasteiger partial charge in [-0.25, -0.2) is 0 Å². The monoisotopic (exact) mass is 289 g/mol. The van der Waals surface area contributed by atoms with Gasteiger partial charge in [0.2, 0.25) is 0 Å². The maximum Gasteiger partial charge on any atom is 0.106 e. The third-order valence-corrected chi connectivity index (χ3v) is 4.82. The first-order valence-corrected chi connectivity index (χ1v) is 7.95. The number of fused-ring (bicyclic) bond motifs is 1. The summed E-state index contributed by atoms with van der Waals surface area (Å²) in [4.78, 5) is 5.63. The number of piperazine rings is 1. The van der Waals surface area contributed by atoms with Gasteiger partial charge in [-0.1, -0.05) is 24.7 Å². The summed E-state index contributed by atoms with van der Waals surface area (Å²) in [6, 6.07) is 7.10. The maximum atomic E-state index is 5.90. The molecule has 3 nitrogen and oxygen atoms in total. The maximum absolute atomic E-state index is 5.90. The molecule has 1 aromatic rings. The van der Waals surface area contributed by atoms with Crippen LogP contribution in [0.5, 0.6) is 0 Å². The lowest BCUT2D eigenvalue weighted by molar-refractivity contribution is 0.133. The van der Waals surface area contributed by atoms with Crippen LogP contribution >= 0.6 is 12.2 Å². The lowest BCUT2D eigenvalue weighted by Gasteiger charge is -2.45. The van der Waals surface area contributed by atoms with Gasteiger partial charge in [-0.3, -0.25) is 4.90 Å². The molecule has 3 rings (SSSR count). The SMILES string of the molecule is Cc1ccc(C(N)=S)c(N2CCN3CCCCC3C2)c1. The van der Waals surface area contributed by atoms with Crippen LogP contribution in [0.25, 0.3) is 0 Å². The number of anilines is 1. The quantitative estimate of drug-likeness (QED) is 0.847. The van der Waals surface area contributed by atoms with E-state index in [0.29, 0.717) is 11.0 Å². The average Bonchev–Trinajstić information content (AvgIpc) is 2.46. The molecular weight excluding hydrogens is 266 g/mol. The fraction of sp³-hybridized carbons (Fsp3) is 0.562. The smallest absolute Gasteiger partial charge is 0.106 e. The molecule has 2 fully saturated rings. The van der Waals surface area contributed by atoms with Gasteiger partial charge in [0.1, 0.15) is 4.99 Å². The van der Waals surface area contributed by atoms with Crippen molar-refractivity contribution in [3.8, 4) is 0 Å². The third-order valence-electron chi connectivity index (χ3n) is 4.60. The topological polar surface area (TPSA) is 32.5 Å². The predicted octanol–water partition coefficient (Wildman–Crippen LogP) is 2.30. The highest BCUT2D eigenvalue weighted by atomic mass is 32.1. The van der Waals surface area contributed by atoms with Gasteiger partial charge in [0, 0.05) is 36.9 Å². The largest absolute Gasteiger partial charge is 0.389 e. The van der Waals surface area contributed by atoms with Gasteiger partial charge in [-0.15, -0.1) is 0 Å². The number of benzene rings is 1. The molecule has 1 unspecified atom stereocenters. The molecule has 0 radical (unpaired) electrons. The number of nitrogens with two attached hydrogens (primary N) is 1. The fourth-order valence-corrected chi connectivity index (χ4v) is 3.66. The molecular formula is C16H23N3S. The Hall–Kier alpha value is -1.13. The van der Waals surface area contributed by atoms with Crippen molar-refractivity contribution in [1.82, 2.24) is 4.90 Å². The minimum Gasteiger partial charge on any atom is -0.389 e. The van der Waals surface area contributed by atoms with Crippen LogP contribution in [0.2, 0.25) is 0 Å². The summed E-state index contributed by atoms with van der Waals surface area (Å²) in [5.74, 6) is 0. The molecule has 0 amide bonds. The second kappa shape index (κ2) is 5.70. The molecule has 0 aromatic heterocycles. The van der Waals surface area contributed by atoms with Gasteiger partial charge in [0.05, 0.1) is 0 Å². The van der Waals surface area contributed by atoms with Crippen molar-refractivity contribution in [2.45, 2.75) is 32.2 Å². The van der Waals surface area contributed by atoms with Crippen LogP contribution in [0.4, 0.5) is 5.69 Å². The fourth-order valence-electron chi connectivity index (χ4n) is 3.49. The zero-order chi connectivity index (χ0) is 14.1. The van der Waals surface area contributed by atoms with Gasteiger partial charge >= 0.3 is 0 Å². The minimum absolute atomic E-state index is 0.506. The lowest BCUT2D eigenvalue weighted by Crippen LogP contribution is -2.55. The van der Waals surface area contributed by atoms with E-state index in [-0.39, 0.29) is 0 Å². The van der Waals surface area contributed by atoms with Gasteiger partial charge in [-0.2, -0.15) is 0 Å². The molecule has 2 aliphatic rings. The van der Waals surface area contributed by atoms with Crippen LogP contribution in [-0.2, 0) is 0 Å². The highest BCUT2D eigenvalue weighted by Gasteiger charge is 2.29. The number of nitrogens with zero attached hydrogens (tertiary/aromatic N) is 2. The van der Waals surface area contributed by atoms with E-state index in [1.54, 1.807) is 0 Å². The van der Waals surface area contributed by atoms with Crippen molar-refractivity contribution in [2.24, 2.45) is 5.73 Å². The molecule has 0 spiro atoms. The third kappa shape index (κ3) is 2.67. The van der Waals surface area contributed by atoms with Crippen LogP contribution in [-0.4, -0.2) is 42.1 Å². The van der Waals surface area contributed by atoms with Crippen molar-refractivity contribution in [3.05, 3.63) is 29.3 Å². The van der Waals surface area contributed by atoms with Crippen LogP contribution in [0.1, 0.15) is 30.4 Å². The lowest BCUT2D eigenvalue weighted by atomic mass is 9.98. The highest BCUT2D eigenvalue weighted by Crippen LogP contribution is 2.28. The molecule has 0 aliphatic carbocycles. The van der Waals surface area contributed by atoms with Gasteiger partial charge in [0.25, 0.3) is 0 Å². The Morgan fingerprint density at radius 1 is 1.25 bits per heavy atom. The molecule has 108 valence electrons. The summed E-state index contributed by atoms with van der Waals surface area (Å²) >= 11 is 5.22. The molecule has 0 saturated carbocycles. The number of aryl methyl sites for hydroxylation is 1. The average molecular weight is 289 g/mol. The molecule has 2 N–H and O–H groups in total. The Labute approximate surface area is 126 Å². The van der Waals surface area contributed by atoms with Crippen molar-refractivity contribution >= 4 is 22.9 Å². The molecule has 0 bridgehead atoms. The van der Waals surface area contributed by atoms with E-state index in [1.807, 2.05) is 0 Å². The zero-order valence-corrected chi connectivity index (χ0v) is 13.0. The molecule has 2 saturated heterocycles. The number of hydrogen-bond donors (Lipinski definition) is 1. The van der Waals surface area contributed by atoms with E-state index in [4.69, 9.17) is 18.0 Å². The van der Waals surface area contributed by atoms with Crippen molar-refractivity contribution in [3.63, 3.8) is 0 Å². The number of piperidine rings is 1. The molecule has 1 aromatic carbocycles. The number of rotatable bonds is 2. The van der Waals surface area contributed by atoms with E-state index in [9.17, 15) is 0 Å². The predicted molar refractivity (Wildman–Crippen MR) is 88.5 cm³/mol. The van der Waals surface area contributed by atoms with Crippen LogP contribution in [0, 0.1) is 6.92 Å². The minimum atomic E-state index is 0.506. The Bertz CT molecular complexity index is 514. The Morgan fingerprint density at radius 2 is 2.10 bits per heavy atom. The molecule has 20 heavy (non-hydrogen) atoms. The van der Waals surface area contributed by atoms with Crippen LogP contribution < -0.4 is 10.6 Å². The Kier molecular flexibility index (Phi) is 3.94. The van der Waals surface area contributed by atoms with Crippen molar-refractivity contribution < 1.29 is 0 Å². The number of thiocarbonyl (C=S) groups is 1. The number of hydrogen-bond acceptors (Lipinski definition) is 3. The molecule has 2 aliphatic heterocycles. The summed E-state index contributed by atoms with van der Waals surface area (Å²) in [5, 5.41) is 0. The summed E-state index contributed by atoms with van der Waals surface area (Å²) in [6.07, 6.45) is 4.05. The molecule has 2 heterocycles. The first-order valence-electron chi connectivity index (χ1n) is 7.54. The second-order valence-electron chi connectivity index (χ2n) is 6.02. The standard InChI is InChI=1S/C16H23N3S/c1-12-5-6-14(16(17)20)15(10-12)19-9-8-18-7-3-2-4-13(18)11-19/h5-6,10,13H,2-4,7-9,11H2,1H3,(H2,17,20). The second-order valence-corrected chi connectivity index (χ2v) is 6.46. The normalized spacial score (nSPS) is 23.4. The van der Waals surface area contributed by atoms with Gasteiger partial charge in [0.15, 0.2) is 0 Å². The Balaban J connectivity index is 1.85. The zero-order valence-electron chi connectivity index (χ0n) is 12.1. The summed E-state index contributed by atoms with van der Waals surface area (Å²) < 4.78 is 0. The first-order chi connectivity index (χ1) is 9.65. The van der Waals surface area contributed by atoms with E-state index in [0.717, 1.165) is 25.2 Å². The van der Waals surface area contributed by atoms with Gasteiger partial charge in [-0.05, 0) is 44.0 Å². The summed E-state index contributed by atoms with van der Waals surface area (Å²) in [7, 11) is 0. The van der Waals surface area contributed by atoms with E-state index < -0.39 is 0 Å². The summed E-state index contributed by atoms with van der Waals surface area (Å²) in [5.41, 5.74) is 9.41. The van der Waals surface area contributed by atoms with Crippen LogP contribution in [0.15, 0.2) is 18.2 Å². The van der Waals surface area contributed by atoms with Gasteiger partial charge < -0.3 is 10.6 Å². The van der Waals surface area contributed by atoms with E-state index >= 15 is 0 Å². The van der Waals surface area contributed by atoms with Crippen LogP contribution in [0.3, 0.4) is 0 Å². The van der Waals surface area contributed by atoms with E-state index in [1.165, 1.54) is 37.1 Å². The Morgan fingerprint density at radius 3 is 2.90 bits per heavy atom.